The molecule has 32 heavy (non-hydrogen) atoms. The first-order chi connectivity index (χ1) is 15.7. The summed E-state index contributed by atoms with van der Waals surface area (Å²) in [4.78, 5) is 27.2. The Kier molecular flexibility index (Phi) is 7.22. The zero-order valence-electron chi connectivity index (χ0n) is 17.1. The van der Waals surface area contributed by atoms with Crippen LogP contribution in [0.5, 0.6) is 0 Å². The molecule has 3 N–H and O–H groups in total. The monoisotopic (exact) mass is 459 g/mol. The number of carbonyl (C=O) groups excluding carboxylic acids is 2. The second-order valence-electron chi connectivity index (χ2n) is 6.84. The minimum Gasteiger partial charge on any atom is -0.322 e. The van der Waals surface area contributed by atoms with Crippen LogP contribution < -0.4 is 16.0 Å². The molecule has 0 saturated carbocycles. The van der Waals surface area contributed by atoms with Crippen molar-refractivity contribution in [3.05, 3.63) is 107 Å². The van der Waals surface area contributed by atoms with E-state index in [0.29, 0.717) is 22.6 Å². The minimum atomic E-state index is -0.329. The van der Waals surface area contributed by atoms with Gasteiger partial charge in [0.05, 0.1) is 5.56 Å². The summed E-state index contributed by atoms with van der Waals surface area (Å²) in [6.07, 6.45) is 0. The van der Waals surface area contributed by atoms with Crippen molar-refractivity contribution in [2.24, 2.45) is 0 Å². The number of nitrogens with one attached hydrogen (secondary N) is 3. The van der Waals surface area contributed by atoms with Crippen molar-refractivity contribution in [1.82, 2.24) is 0 Å². The number of hydrogen-bond acceptors (Lipinski definition) is 4. The van der Waals surface area contributed by atoms with Crippen molar-refractivity contribution in [3.63, 3.8) is 0 Å². The highest BCUT2D eigenvalue weighted by Crippen LogP contribution is 2.28. The molecular formula is C25H21N3O2S2. The molecule has 0 aliphatic rings. The molecule has 1 heterocycles. The highest BCUT2D eigenvalue weighted by molar-refractivity contribution is 7.98. The van der Waals surface area contributed by atoms with Gasteiger partial charge in [0.2, 0.25) is 0 Å². The molecule has 160 valence electrons. The van der Waals surface area contributed by atoms with Crippen molar-refractivity contribution in [2.45, 2.75) is 10.6 Å². The Balaban J connectivity index is 1.35. The topological polar surface area (TPSA) is 70.2 Å². The Labute approximate surface area is 194 Å². The number of thiophene rings is 1. The molecule has 3 amide bonds. The average Bonchev–Trinajstić information content (AvgIpc) is 3.33. The fraction of sp³-hybridized carbons (Fsp3) is 0.0400. The van der Waals surface area contributed by atoms with Crippen molar-refractivity contribution in [1.29, 1.82) is 0 Å². The molecule has 0 bridgehead atoms. The summed E-state index contributed by atoms with van der Waals surface area (Å²) in [7, 11) is 0. The summed E-state index contributed by atoms with van der Waals surface area (Å²) in [6.45, 7) is 0. The molecule has 0 saturated heterocycles. The van der Waals surface area contributed by atoms with Gasteiger partial charge in [0.15, 0.2) is 0 Å². The van der Waals surface area contributed by atoms with Gasteiger partial charge in [-0.15, -0.1) is 23.1 Å². The van der Waals surface area contributed by atoms with E-state index in [2.05, 4.69) is 27.4 Å². The second kappa shape index (κ2) is 10.7. The Morgan fingerprint density at radius 2 is 1.31 bits per heavy atom. The zero-order chi connectivity index (χ0) is 22.2. The van der Waals surface area contributed by atoms with Gasteiger partial charge in [0.1, 0.15) is 0 Å². The third kappa shape index (κ3) is 6.00. The van der Waals surface area contributed by atoms with Crippen LogP contribution >= 0.6 is 23.1 Å². The summed E-state index contributed by atoms with van der Waals surface area (Å²) < 4.78 is 0. The van der Waals surface area contributed by atoms with Gasteiger partial charge >= 0.3 is 6.03 Å². The largest absolute Gasteiger partial charge is 0.323 e. The highest BCUT2D eigenvalue weighted by Gasteiger charge is 2.12. The lowest BCUT2D eigenvalue weighted by molar-refractivity contribution is 0.102. The molecule has 0 fully saturated rings. The maximum absolute atomic E-state index is 12.9. The molecule has 4 aromatic rings. The quantitative estimate of drug-likeness (QED) is 0.262. The average molecular weight is 460 g/mol. The first-order valence-corrected chi connectivity index (χ1v) is 11.8. The molecule has 7 heteroatoms. The minimum absolute atomic E-state index is 0.165. The third-order valence-corrected chi connectivity index (χ3v) is 6.70. The second-order valence-corrected chi connectivity index (χ2v) is 8.89. The fourth-order valence-electron chi connectivity index (χ4n) is 2.97. The molecule has 0 spiro atoms. The summed E-state index contributed by atoms with van der Waals surface area (Å²) in [5.74, 6) is 0.662. The number of anilines is 3. The van der Waals surface area contributed by atoms with E-state index in [1.165, 1.54) is 4.88 Å². The van der Waals surface area contributed by atoms with Gasteiger partial charge in [-0.25, -0.2) is 4.79 Å². The van der Waals surface area contributed by atoms with Crippen LogP contribution in [0.2, 0.25) is 0 Å². The molecule has 5 nitrogen and oxygen atoms in total. The maximum Gasteiger partial charge on any atom is 0.323 e. The van der Waals surface area contributed by atoms with E-state index in [9.17, 15) is 9.59 Å². The number of benzene rings is 3. The molecule has 4 rings (SSSR count). The molecule has 0 radical (unpaired) electrons. The summed E-state index contributed by atoms with van der Waals surface area (Å²) in [6, 6.07) is 27.6. The Bertz CT molecular complexity index is 1180. The molecule has 0 aliphatic heterocycles. The van der Waals surface area contributed by atoms with Crippen LogP contribution in [0.1, 0.15) is 15.2 Å². The lowest BCUT2D eigenvalue weighted by atomic mass is 10.2. The van der Waals surface area contributed by atoms with Crippen molar-refractivity contribution in [3.8, 4) is 0 Å². The summed E-state index contributed by atoms with van der Waals surface area (Å²) >= 11 is 3.36. The lowest BCUT2D eigenvalue weighted by Gasteiger charge is -2.11. The van der Waals surface area contributed by atoms with E-state index in [1.54, 1.807) is 47.4 Å². The number of rotatable bonds is 7. The molecule has 0 atom stereocenters. The van der Waals surface area contributed by atoms with Crippen LogP contribution in [0.3, 0.4) is 0 Å². The van der Waals surface area contributed by atoms with Gasteiger partial charge in [-0.3, -0.25) is 4.79 Å². The summed E-state index contributed by atoms with van der Waals surface area (Å²) in [5, 5.41) is 10.5. The van der Waals surface area contributed by atoms with Crippen LogP contribution in [0.15, 0.2) is 101 Å². The van der Waals surface area contributed by atoms with E-state index >= 15 is 0 Å². The molecular weight excluding hydrogens is 438 g/mol. The first kappa shape index (κ1) is 21.7. The van der Waals surface area contributed by atoms with E-state index in [-0.39, 0.29) is 11.9 Å². The predicted molar refractivity (Wildman–Crippen MR) is 134 cm³/mol. The van der Waals surface area contributed by atoms with E-state index in [1.807, 2.05) is 60.7 Å². The van der Waals surface area contributed by atoms with Gasteiger partial charge in [-0.2, -0.15) is 0 Å². The van der Waals surface area contributed by atoms with Gasteiger partial charge < -0.3 is 16.0 Å². The number of thioether (sulfide) groups is 1. The Morgan fingerprint density at radius 3 is 2.00 bits per heavy atom. The SMILES string of the molecule is O=C(Nc1ccccc1)Nc1ccc(NC(=O)c2ccccc2SCc2cccs2)cc1. The van der Waals surface area contributed by atoms with E-state index in [4.69, 9.17) is 0 Å². The van der Waals surface area contributed by atoms with Gasteiger partial charge in [-0.1, -0.05) is 36.4 Å². The molecule has 0 unspecified atom stereocenters. The van der Waals surface area contributed by atoms with E-state index < -0.39 is 0 Å². The van der Waals surface area contributed by atoms with Crippen molar-refractivity contribution < 1.29 is 9.59 Å². The normalized spacial score (nSPS) is 10.4. The highest BCUT2D eigenvalue weighted by atomic mass is 32.2. The van der Waals surface area contributed by atoms with Crippen LogP contribution in [-0.4, -0.2) is 11.9 Å². The van der Waals surface area contributed by atoms with Crippen LogP contribution in [0.25, 0.3) is 0 Å². The predicted octanol–water partition coefficient (Wildman–Crippen LogP) is 6.94. The number of hydrogen-bond donors (Lipinski definition) is 3. The van der Waals surface area contributed by atoms with Gasteiger partial charge in [-0.05, 0) is 60.0 Å². The molecule has 0 aliphatic carbocycles. The van der Waals surface area contributed by atoms with E-state index in [0.717, 1.165) is 10.6 Å². The lowest BCUT2D eigenvalue weighted by Crippen LogP contribution is -2.19. The van der Waals surface area contributed by atoms with Gasteiger partial charge in [0.25, 0.3) is 5.91 Å². The first-order valence-electron chi connectivity index (χ1n) is 9.96. The van der Waals surface area contributed by atoms with Crippen LogP contribution in [0, 0.1) is 0 Å². The standard InChI is InChI=1S/C25H21N3O2S2/c29-24(22-10-4-5-11-23(22)32-17-21-9-6-16-31-21)26-19-12-14-20(15-13-19)28-25(30)27-18-7-2-1-3-8-18/h1-16H,17H2,(H,26,29)(H2,27,28,30). The van der Waals surface area contributed by atoms with Crippen molar-refractivity contribution in [2.75, 3.05) is 16.0 Å². The summed E-state index contributed by atoms with van der Waals surface area (Å²) in [5.41, 5.74) is 2.63. The van der Waals surface area contributed by atoms with Crippen LogP contribution in [0.4, 0.5) is 21.9 Å². The number of carbonyl (C=O) groups is 2. The number of amides is 3. The van der Waals surface area contributed by atoms with Crippen molar-refractivity contribution >= 4 is 52.1 Å². The Morgan fingerprint density at radius 1 is 0.688 bits per heavy atom. The smallest absolute Gasteiger partial charge is 0.322 e. The number of para-hydroxylation sites is 1. The fourth-order valence-corrected chi connectivity index (χ4v) is 4.80. The number of urea groups is 1. The third-order valence-electron chi connectivity index (χ3n) is 4.51. The van der Waals surface area contributed by atoms with Gasteiger partial charge in [0, 0.05) is 32.6 Å². The maximum atomic E-state index is 12.9. The molecule has 3 aromatic carbocycles. The zero-order valence-corrected chi connectivity index (χ0v) is 18.7. The van der Waals surface area contributed by atoms with Crippen LogP contribution in [-0.2, 0) is 5.75 Å². The molecule has 1 aromatic heterocycles. The Hall–Kier alpha value is -3.55.